The Balaban J connectivity index is 1.93. The molecule has 1 aliphatic heterocycles. The van der Waals surface area contributed by atoms with Crippen LogP contribution in [0.1, 0.15) is 33.6 Å². The summed E-state index contributed by atoms with van der Waals surface area (Å²) in [5.41, 5.74) is 5.80. The molecule has 9 heteroatoms. The van der Waals surface area contributed by atoms with Gasteiger partial charge in [-0.15, -0.1) is 0 Å². The molecule has 0 bridgehead atoms. The first-order valence-corrected chi connectivity index (χ1v) is 10.2. The summed E-state index contributed by atoms with van der Waals surface area (Å²) in [6.07, 6.45) is 1.84. The third-order valence-electron chi connectivity index (χ3n) is 4.50. The third kappa shape index (κ3) is 4.09. The fourth-order valence-electron chi connectivity index (χ4n) is 3.06. The van der Waals surface area contributed by atoms with E-state index in [1.165, 1.54) is 49.6 Å². The van der Waals surface area contributed by atoms with Crippen molar-refractivity contribution in [3.8, 4) is 5.75 Å². The van der Waals surface area contributed by atoms with Crippen LogP contribution in [0, 0.1) is 0 Å². The standard InChI is InChI=1S/C19H21N3O5S/c1-27-17-8-7-15(12-16(17)19(24)22-9-2-3-10-22)28(25,26)21-14-6-4-5-13(11-14)18(20)23/h4-8,11-12,21H,2-3,9-10H2,1H3,(H2,20,23). The van der Waals surface area contributed by atoms with E-state index >= 15 is 0 Å². The van der Waals surface area contributed by atoms with Gasteiger partial charge in [-0.1, -0.05) is 6.07 Å². The Morgan fingerprint density at radius 1 is 1.11 bits per heavy atom. The zero-order valence-corrected chi connectivity index (χ0v) is 16.2. The number of methoxy groups -OCH3 is 1. The van der Waals surface area contributed by atoms with Gasteiger partial charge in [-0.05, 0) is 49.2 Å². The number of rotatable bonds is 6. The molecule has 2 amide bonds. The number of likely N-dealkylation sites (tertiary alicyclic amines) is 1. The number of nitrogens with two attached hydrogens (primary N) is 1. The van der Waals surface area contributed by atoms with Crippen molar-refractivity contribution in [1.29, 1.82) is 0 Å². The fourth-order valence-corrected chi connectivity index (χ4v) is 4.14. The maximum atomic E-state index is 12.8. The SMILES string of the molecule is COc1ccc(S(=O)(=O)Nc2cccc(C(N)=O)c2)cc1C(=O)N1CCCC1. The van der Waals surface area contributed by atoms with Crippen molar-refractivity contribution in [2.24, 2.45) is 5.73 Å². The van der Waals surface area contributed by atoms with E-state index in [1.54, 1.807) is 4.90 Å². The summed E-state index contributed by atoms with van der Waals surface area (Å²) in [4.78, 5) is 25.7. The molecule has 2 aromatic rings. The minimum Gasteiger partial charge on any atom is -0.496 e. The van der Waals surface area contributed by atoms with Gasteiger partial charge in [0, 0.05) is 24.3 Å². The van der Waals surface area contributed by atoms with Gasteiger partial charge in [0.2, 0.25) is 5.91 Å². The Morgan fingerprint density at radius 2 is 1.82 bits per heavy atom. The molecule has 2 aromatic carbocycles. The van der Waals surface area contributed by atoms with E-state index in [2.05, 4.69) is 4.72 Å². The van der Waals surface area contributed by atoms with E-state index < -0.39 is 15.9 Å². The van der Waals surface area contributed by atoms with Crippen molar-refractivity contribution in [2.75, 3.05) is 24.9 Å². The number of nitrogens with one attached hydrogen (secondary N) is 1. The van der Waals surface area contributed by atoms with Gasteiger partial charge in [-0.2, -0.15) is 0 Å². The normalized spacial score (nSPS) is 14.0. The highest BCUT2D eigenvalue weighted by Gasteiger charge is 2.25. The Kier molecular flexibility index (Phi) is 5.55. The number of nitrogens with zero attached hydrogens (tertiary/aromatic N) is 1. The number of sulfonamides is 1. The van der Waals surface area contributed by atoms with Crippen LogP contribution in [0.15, 0.2) is 47.4 Å². The van der Waals surface area contributed by atoms with Crippen molar-refractivity contribution in [3.05, 3.63) is 53.6 Å². The number of benzene rings is 2. The molecule has 3 N–H and O–H groups in total. The molecule has 148 valence electrons. The number of hydrogen-bond donors (Lipinski definition) is 2. The number of hydrogen-bond acceptors (Lipinski definition) is 5. The largest absolute Gasteiger partial charge is 0.496 e. The van der Waals surface area contributed by atoms with E-state index in [1.807, 2.05) is 0 Å². The minimum atomic E-state index is -3.99. The number of anilines is 1. The Labute approximate surface area is 163 Å². The zero-order chi connectivity index (χ0) is 20.3. The van der Waals surface area contributed by atoms with Crippen LogP contribution in [0.4, 0.5) is 5.69 Å². The molecule has 28 heavy (non-hydrogen) atoms. The minimum absolute atomic E-state index is 0.0830. The van der Waals surface area contributed by atoms with Gasteiger partial charge in [0.1, 0.15) is 5.75 Å². The lowest BCUT2D eigenvalue weighted by Gasteiger charge is -2.18. The first-order valence-electron chi connectivity index (χ1n) is 8.72. The number of ether oxygens (including phenoxy) is 1. The average Bonchev–Trinajstić information content (AvgIpc) is 3.21. The second kappa shape index (κ2) is 7.89. The van der Waals surface area contributed by atoms with Crippen molar-refractivity contribution >= 4 is 27.5 Å². The quantitative estimate of drug-likeness (QED) is 0.763. The summed E-state index contributed by atoms with van der Waals surface area (Å²) in [6.45, 7) is 1.27. The Hall–Kier alpha value is -3.07. The van der Waals surface area contributed by atoms with Gasteiger partial charge in [0.15, 0.2) is 0 Å². The highest BCUT2D eigenvalue weighted by molar-refractivity contribution is 7.92. The molecule has 1 fully saturated rings. The lowest BCUT2D eigenvalue weighted by molar-refractivity contribution is 0.0789. The summed E-state index contributed by atoms with van der Waals surface area (Å²) in [6, 6.07) is 9.98. The van der Waals surface area contributed by atoms with E-state index in [4.69, 9.17) is 10.5 Å². The summed E-state index contributed by atoms with van der Waals surface area (Å²) < 4.78 is 33.2. The predicted octanol–water partition coefficient (Wildman–Crippen LogP) is 1.83. The van der Waals surface area contributed by atoms with Gasteiger partial charge in [0.25, 0.3) is 15.9 Å². The van der Waals surface area contributed by atoms with E-state index in [9.17, 15) is 18.0 Å². The fraction of sp³-hybridized carbons (Fsp3) is 0.263. The van der Waals surface area contributed by atoms with Crippen LogP contribution in [0.2, 0.25) is 0 Å². The van der Waals surface area contributed by atoms with Gasteiger partial charge in [-0.25, -0.2) is 8.42 Å². The van der Waals surface area contributed by atoms with Gasteiger partial charge in [0.05, 0.1) is 17.6 Å². The average molecular weight is 403 g/mol. The number of carbonyl (C=O) groups is 2. The third-order valence-corrected chi connectivity index (χ3v) is 5.88. The second-order valence-electron chi connectivity index (χ2n) is 6.41. The molecule has 3 rings (SSSR count). The summed E-state index contributed by atoms with van der Waals surface area (Å²) in [5, 5.41) is 0. The van der Waals surface area contributed by atoms with E-state index in [-0.39, 0.29) is 27.6 Å². The zero-order valence-electron chi connectivity index (χ0n) is 15.3. The summed E-state index contributed by atoms with van der Waals surface area (Å²) in [5.74, 6) is -0.613. The summed E-state index contributed by atoms with van der Waals surface area (Å²) >= 11 is 0. The first-order chi connectivity index (χ1) is 13.3. The van der Waals surface area contributed by atoms with Crippen molar-refractivity contribution in [3.63, 3.8) is 0 Å². The number of carbonyl (C=O) groups excluding carboxylic acids is 2. The van der Waals surface area contributed by atoms with Crippen molar-refractivity contribution in [2.45, 2.75) is 17.7 Å². The van der Waals surface area contributed by atoms with Crippen LogP contribution in [-0.4, -0.2) is 45.3 Å². The maximum Gasteiger partial charge on any atom is 0.261 e. The summed E-state index contributed by atoms with van der Waals surface area (Å²) in [7, 11) is -2.56. The Bertz CT molecular complexity index is 1010. The molecular weight excluding hydrogens is 382 g/mol. The topological polar surface area (TPSA) is 119 Å². The molecule has 1 heterocycles. The van der Waals surface area contributed by atoms with Crippen LogP contribution in [0.5, 0.6) is 5.75 Å². The molecule has 0 unspecified atom stereocenters. The highest BCUT2D eigenvalue weighted by Crippen LogP contribution is 2.26. The lowest BCUT2D eigenvalue weighted by Crippen LogP contribution is -2.28. The molecule has 0 aliphatic carbocycles. The van der Waals surface area contributed by atoms with Crippen molar-refractivity contribution < 1.29 is 22.7 Å². The smallest absolute Gasteiger partial charge is 0.261 e. The highest BCUT2D eigenvalue weighted by atomic mass is 32.2. The monoisotopic (exact) mass is 403 g/mol. The maximum absolute atomic E-state index is 12.8. The van der Waals surface area contributed by atoms with Crippen LogP contribution in [0.3, 0.4) is 0 Å². The molecule has 1 aliphatic rings. The number of primary amides is 1. The molecule has 0 aromatic heterocycles. The van der Waals surface area contributed by atoms with E-state index in [0.29, 0.717) is 18.8 Å². The molecule has 0 saturated carbocycles. The molecular formula is C19H21N3O5S. The van der Waals surface area contributed by atoms with Gasteiger partial charge >= 0.3 is 0 Å². The second-order valence-corrected chi connectivity index (χ2v) is 8.09. The van der Waals surface area contributed by atoms with Crippen LogP contribution < -0.4 is 15.2 Å². The molecule has 0 atom stereocenters. The lowest BCUT2D eigenvalue weighted by atomic mass is 10.1. The van der Waals surface area contributed by atoms with Crippen LogP contribution >= 0.6 is 0 Å². The molecule has 1 saturated heterocycles. The predicted molar refractivity (Wildman–Crippen MR) is 104 cm³/mol. The molecule has 0 radical (unpaired) electrons. The Morgan fingerprint density at radius 3 is 2.46 bits per heavy atom. The van der Waals surface area contributed by atoms with Crippen molar-refractivity contribution in [1.82, 2.24) is 4.90 Å². The van der Waals surface area contributed by atoms with Gasteiger partial charge in [-0.3, -0.25) is 14.3 Å². The van der Waals surface area contributed by atoms with Gasteiger partial charge < -0.3 is 15.4 Å². The first kappa shape index (κ1) is 19.7. The van der Waals surface area contributed by atoms with E-state index in [0.717, 1.165) is 12.8 Å². The number of amides is 2. The molecule has 0 spiro atoms. The van der Waals surface area contributed by atoms with Crippen LogP contribution in [-0.2, 0) is 10.0 Å². The molecule has 8 nitrogen and oxygen atoms in total. The van der Waals surface area contributed by atoms with Crippen LogP contribution in [0.25, 0.3) is 0 Å².